The first-order valence-corrected chi connectivity index (χ1v) is 23.8. The van der Waals surface area contributed by atoms with Crippen LogP contribution in [-0.4, -0.2) is 176 Å². The standard InChI is InChI=1S/C11H21NO3.3C10H19NO3.C9H17NO3/c1-7(2)6-9(13)12(5)10(8(3)4)11(14)15;1-7(2)6-8(12)11(5)10(3,4)9(13)14;1-7(2)6-9(12)11(4)8(3)10(13)14-5;1-6(2)7(3)9(12)11(5)8(4)10(13)14;1-6(2)5-8(11)10(4)7(3)9(12)13/h7-8,10H,6H2,1-5H3,(H,14,15);7H,6H2,1-5H3,(H,13,14);7-8H,6H2,1-5H3;6-8H,1-5H3,(H,13,14);6-7H,5H2,1-4H3,(H,12,13)/t;;8-;;7-/m..0.1/s1. The summed E-state index contributed by atoms with van der Waals surface area (Å²) in [5.74, 6) is -3.70. The van der Waals surface area contributed by atoms with Crippen LogP contribution >= 0.6 is 0 Å². The minimum absolute atomic E-state index is 0.0297. The maximum Gasteiger partial charge on any atom is 0.329 e. The van der Waals surface area contributed by atoms with E-state index in [-0.39, 0.29) is 71.0 Å². The predicted octanol–water partition coefficient (Wildman–Crippen LogP) is 6.18. The summed E-state index contributed by atoms with van der Waals surface area (Å²) in [7, 11) is 9.07. The van der Waals surface area contributed by atoms with E-state index in [2.05, 4.69) is 4.74 Å². The number of aliphatic carboxylic acids is 4. The third-order valence-corrected chi connectivity index (χ3v) is 11.3. The molecule has 0 aromatic carbocycles. The summed E-state index contributed by atoms with van der Waals surface area (Å²) in [4.78, 5) is 119. The summed E-state index contributed by atoms with van der Waals surface area (Å²) < 4.78 is 4.56. The Kier molecular flexibility index (Phi) is 37.6. The highest BCUT2D eigenvalue weighted by atomic mass is 16.5. The van der Waals surface area contributed by atoms with Gasteiger partial charge in [-0.15, -0.1) is 0 Å². The molecule has 0 heterocycles. The van der Waals surface area contributed by atoms with Crippen molar-refractivity contribution in [3.05, 3.63) is 0 Å². The van der Waals surface area contributed by atoms with E-state index in [1.165, 1.54) is 80.4 Å². The van der Waals surface area contributed by atoms with E-state index in [9.17, 15) is 47.9 Å². The normalized spacial score (nSPS) is 12.9. The average Bonchev–Trinajstić information content (AvgIpc) is 3.22. The second-order valence-corrected chi connectivity index (χ2v) is 20.5. The largest absolute Gasteiger partial charge is 0.480 e. The van der Waals surface area contributed by atoms with Crippen molar-refractivity contribution < 1.29 is 73.1 Å². The molecule has 20 nitrogen and oxygen atoms in total. The number of nitrogens with zero attached hydrogens (tertiary/aromatic N) is 5. The van der Waals surface area contributed by atoms with Crippen molar-refractivity contribution in [3.8, 4) is 0 Å². The number of carbonyl (C=O) groups is 10. The van der Waals surface area contributed by atoms with Crippen molar-refractivity contribution in [3.63, 3.8) is 0 Å². The molecule has 5 amide bonds. The third-order valence-electron chi connectivity index (χ3n) is 11.3. The van der Waals surface area contributed by atoms with Crippen molar-refractivity contribution in [2.45, 2.75) is 180 Å². The number of carbonyl (C=O) groups excluding carboxylic acids is 6. The van der Waals surface area contributed by atoms with Gasteiger partial charge in [-0.1, -0.05) is 90.0 Å². The van der Waals surface area contributed by atoms with Gasteiger partial charge in [-0.25, -0.2) is 24.0 Å². The molecule has 0 saturated carbocycles. The molecule has 0 saturated heterocycles. The van der Waals surface area contributed by atoms with Crippen LogP contribution in [-0.2, 0) is 52.7 Å². The topological polar surface area (TPSA) is 277 Å². The number of hydrogen-bond donors (Lipinski definition) is 4. The van der Waals surface area contributed by atoms with Crippen molar-refractivity contribution in [1.29, 1.82) is 0 Å². The Morgan fingerprint density at radius 1 is 0.429 bits per heavy atom. The van der Waals surface area contributed by atoms with Crippen LogP contribution < -0.4 is 0 Å². The fourth-order valence-electron chi connectivity index (χ4n) is 5.36. The van der Waals surface area contributed by atoms with Crippen LogP contribution in [0.3, 0.4) is 0 Å². The number of rotatable bonds is 21. The Bertz CT molecular complexity index is 1660. The van der Waals surface area contributed by atoms with Gasteiger partial charge in [0.1, 0.15) is 29.7 Å². The van der Waals surface area contributed by atoms with Gasteiger partial charge in [0.05, 0.1) is 7.11 Å². The van der Waals surface area contributed by atoms with Gasteiger partial charge in [0.25, 0.3) is 0 Å². The highest BCUT2D eigenvalue weighted by molar-refractivity contribution is 5.87. The molecule has 70 heavy (non-hydrogen) atoms. The van der Waals surface area contributed by atoms with E-state index in [1.807, 2.05) is 76.2 Å². The molecule has 0 aromatic heterocycles. The van der Waals surface area contributed by atoms with Crippen LogP contribution in [0.2, 0.25) is 0 Å². The highest BCUT2D eigenvalue weighted by Gasteiger charge is 2.35. The molecular weight excluding hydrogens is 911 g/mol. The molecule has 0 aromatic rings. The molecule has 0 rings (SSSR count). The summed E-state index contributed by atoms with van der Waals surface area (Å²) in [6, 6.07) is -2.74. The predicted molar refractivity (Wildman–Crippen MR) is 269 cm³/mol. The van der Waals surface area contributed by atoms with Gasteiger partial charge in [0.15, 0.2) is 0 Å². The first-order valence-electron chi connectivity index (χ1n) is 23.8. The lowest BCUT2D eigenvalue weighted by Gasteiger charge is -2.32. The highest BCUT2D eigenvalue weighted by Crippen LogP contribution is 2.17. The molecule has 5 atom stereocenters. The molecular formula is C50H95N5O15. The third kappa shape index (κ3) is 30.3. The average molecular weight is 1010 g/mol. The molecule has 3 unspecified atom stereocenters. The number of methoxy groups -OCH3 is 1. The SMILES string of the molecule is CC(C)C(C)C(=O)N(C)C(C)C(=O)O.CC(C)CC(=O)N(C)C(C(=O)O)C(C)C.CC(C)CC(=O)N(C)C(C)(C)C(=O)O.CC(C)CC(=O)N(C)[C@H](C)C(=O)O.COC(=O)[C@H](C)N(C)C(=O)CC(C)C. The van der Waals surface area contributed by atoms with E-state index in [1.54, 1.807) is 34.9 Å². The lowest BCUT2D eigenvalue weighted by Crippen LogP contribution is -2.51. The summed E-state index contributed by atoms with van der Waals surface area (Å²) in [6.07, 6.45) is 1.63. The maximum atomic E-state index is 11.7. The summed E-state index contributed by atoms with van der Waals surface area (Å²) in [5.41, 5.74) is -1.13. The number of carboxylic acids is 4. The second kappa shape index (κ2) is 35.7. The Balaban J connectivity index is -0.000000252. The number of esters is 1. The fourth-order valence-corrected chi connectivity index (χ4v) is 5.36. The van der Waals surface area contributed by atoms with Gasteiger partial charge in [0.2, 0.25) is 29.5 Å². The molecule has 0 aliphatic carbocycles. The van der Waals surface area contributed by atoms with Crippen LogP contribution in [0.1, 0.15) is 150 Å². The number of ether oxygens (including phenoxy) is 1. The molecule has 0 radical (unpaired) electrons. The maximum absolute atomic E-state index is 11.7. The van der Waals surface area contributed by atoms with E-state index in [0.29, 0.717) is 31.6 Å². The van der Waals surface area contributed by atoms with Crippen molar-refractivity contribution in [2.24, 2.45) is 41.4 Å². The Morgan fingerprint density at radius 3 is 0.986 bits per heavy atom. The molecule has 410 valence electrons. The van der Waals surface area contributed by atoms with Crippen molar-refractivity contribution >= 4 is 59.4 Å². The lowest BCUT2D eigenvalue weighted by atomic mass is 9.96. The van der Waals surface area contributed by atoms with Gasteiger partial charge in [-0.05, 0) is 70.1 Å². The number of hydrogen-bond acceptors (Lipinski definition) is 11. The zero-order valence-electron chi connectivity index (χ0n) is 47.2. The fraction of sp³-hybridized carbons (Fsp3) is 0.800. The van der Waals surface area contributed by atoms with Gasteiger partial charge < -0.3 is 49.7 Å². The quantitative estimate of drug-likeness (QED) is 0.0935. The van der Waals surface area contributed by atoms with E-state index >= 15 is 0 Å². The zero-order valence-corrected chi connectivity index (χ0v) is 47.2. The molecule has 0 fully saturated rings. The van der Waals surface area contributed by atoms with Gasteiger partial charge in [-0.3, -0.25) is 24.0 Å². The lowest BCUT2D eigenvalue weighted by molar-refractivity contribution is -0.155. The molecule has 0 bridgehead atoms. The summed E-state index contributed by atoms with van der Waals surface area (Å²) >= 11 is 0. The monoisotopic (exact) mass is 1010 g/mol. The Labute approximate surface area is 419 Å². The Hall–Kier alpha value is -5.30. The minimum Gasteiger partial charge on any atom is -0.480 e. The first kappa shape index (κ1) is 73.7. The molecule has 0 spiro atoms. The van der Waals surface area contributed by atoms with Crippen LogP contribution in [0.15, 0.2) is 0 Å². The Morgan fingerprint density at radius 2 is 0.729 bits per heavy atom. The molecule has 20 heteroatoms. The molecule has 4 N–H and O–H groups in total. The van der Waals surface area contributed by atoms with Gasteiger partial charge in [-0.2, -0.15) is 0 Å². The smallest absolute Gasteiger partial charge is 0.329 e. The zero-order chi connectivity index (χ0) is 57.0. The number of amides is 5. The van der Waals surface area contributed by atoms with E-state index < -0.39 is 53.6 Å². The van der Waals surface area contributed by atoms with E-state index in [0.717, 1.165) is 0 Å². The van der Waals surface area contributed by atoms with E-state index in [4.69, 9.17) is 20.4 Å². The van der Waals surface area contributed by atoms with Crippen LogP contribution in [0.4, 0.5) is 0 Å². The first-order chi connectivity index (χ1) is 31.5. The van der Waals surface area contributed by atoms with Crippen molar-refractivity contribution in [1.82, 2.24) is 24.5 Å². The molecule has 0 aliphatic heterocycles. The molecule has 0 aliphatic rings. The summed E-state index contributed by atoms with van der Waals surface area (Å²) in [6.45, 7) is 32.6. The summed E-state index contributed by atoms with van der Waals surface area (Å²) in [5, 5.41) is 35.3. The minimum atomic E-state index is -1.13. The van der Waals surface area contributed by atoms with Crippen molar-refractivity contribution in [2.75, 3.05) is 42.3 Å². The van der Waals surface area contributed by atoms with Crippen LogP contribution in [0.25, 0.3) is 0 Å². The van der Waals surface area contributed by atoms with Crippen LogP contribution in [0.5, 0.6) is 0 Å². The van der Waals surface area contributed by atoms with Gasteiger partial charge in [0, 0.05) is 66.8 Å². The number of likely N-dealkylation sites (N-methyl/N-ethyl adjacent to an activating group) is 5. The van der Waals surface area contributed by atoms with Gasteiger partial charge >= 0.3 is 29.8 Å². The number of carboxylic acid groups (broad SMARTS) is 4. The second-order valence-electron chi connectivity index (χ2n) is 20.5. The van der Waals surface area contributed by atoms with Crippen LogP contribution in [0, 0.1) is 41.4 Å².